The molecular weight excluding hydrogens is 817 g/mol. The van der Waals surface area contributed by atoms with E-state index in [2.05, 4.69) is 34.6 Å². The first kappa shape index (κ1) is 64.4. The molecule has 0 aromatic rings. The number of rotatable bonds is 54. The molecule has 0 aliphatic rings. The Bertz CT molecular complexity index is 1010. The van der Waals surface area contributed by atoms with Gasteiger partial charge >= 0.3 is 17.9 Å². The SMILES string of the molecule is CCCCCCCCCCCCCCCCCCCC(=O)OC[C@@H](COC(=O)CCCCCCCCC(C)C)OC(=O)CCCCCCCCCCCCCCCCCCCCC(C)CC. The van der Waals surface area contributed by atoms with Crippen molar-refractivity contribution in [1.82, 2.24) is 0 Å². The van der Waals surface area contributed by atoms with Gasteiger partial charge in [-0.15, -0.1) is 0 Å². The number of ether oxygens (including phenoxy) is 3. The van der Waals surface area contributed by atoms with Gasteiger partial charge in [0.15, 0.2) is 6.10 Å². The Kier molecular flexibility index (Phi) is 51.5. The van der Waals surface area contributed by atoms with Gasteiger partial charge in [-0.05, 0) is 31.1 Å². The molecular formula is C60H116O6. The second kappa shape index (κ2) is 52.8. The Morgan fingerprint density at radius 3 is 0.864 bits per heavy atom. The van der Waals surface area contributed by atoms with Gasteiger partial charge < -0.3 is 14.2 Å². The van der Waals surface area contributed by atoms with Crippen molar-refractivity contribution in [2.24, 2.45) is 11.8 Å². The van der Waals surface area contributed by atoms with Crippen molar-refractivity contribution in [3.8, 4) is 0 Å². The largest absolute Gasteiger partial charge is 0.462 e. The summed E-state index contributed by atoms with van der Waals surface area (Å²) in [6.45, 7) is 11.4. The summed E-state index contributed by atoms with van der Waals surface area (Å²) >= 11 is 0. The summed E-state index contributed by atoms with van der Waals surface area (Å²) in [6, 6.07) is 0. The molecule has 0 radical (unpaired) electrons. The minimum Gasteiger partial charge on any atom is -0.462 e. The van der Waals surface area contributed by atoms with Crippen molar-refractivity contribution >= 4 is 17.9 Å². The van der Waals surface area contributed by atoms with Gasteiger partial charge in [0.2, 0.25) is 0 Å². The summed E-state index contributed by atoms with van der Waals surface area (Å²) in [5.74, 6) is 0.828. The van der Waals surface area contributed by atoms with Crippen molar-refractivity contribution in [3.63, 3.8) is 0 Å². The minimum atomic E-state index is -0.763. The van der Waals surface area contributed by atoms with Crippen LogP contribution in [0.4, 0.5) is 0 Å². The predicted molar refractivity (Wildman–Crippen MR) is 284 cm³/mol. The number of carbonyl (C=O) groups excluding carboxylic acids is 3. The van der Waals surface area contributed by atoms with Crippen LogP contribution in [0.25, 0.3) is 0 Å². The fourth-order valence-corrected chi connectivity index (χ4v) is 9.20. The molecule has 6 heteroatoms. The fourth-order valence-electron chi connectivity index (χ4n) is 9.20. The molecule has 0 heterocycles. The van der Waals surface area contributed by atoms with Crippen LogP contribution in [0.3, 0.4) is 0 Å². The Morgan fingerprint density at radius 2 is 0.576 bits per heavy atom. The molecule has 1 unspecified atom stereocenters. The zero-order chi connectivity index (χ0) is 48.2. The van der Waals surface area contributed by atoms with Crippen molar-refractivity contribution in [2.45, 2.75) is 343 Å². The topological polar surface area (TPSA) is 78.9 Å². The maximum Gasteiger partial charge on any atom is 0.306 e. The molecule has 0 bridgehead atoms. The van der Waals surface area contributed by atoms with Crippen LogP contribution in [0.1, 0.15) is 336 Å². The molecule has 0 rings (SSSR count). The maximum absolute atomic E-state index is 12.9. The summed E-state index contributed by atoms with van der Waals surface area (Å²) in [7, 11) is 0. The van der Waals surface area contributed by atoms with Gasteiger partial charge in [0, 0.05) is 19.3 Å². The first-order valence-corrected chi connectivity index (χ1v) is 29.8. The number of esters is 3. The van der Waals surface area contributed by atoms with E-state index in [4.69, 9.17) is 14.2 Å². The third kappa shape index (κ3) is 51.8. The molecule has 0 aromatic heterocycles. The average molecular weight is 934 g/mol. The van der Waals surface area contributed by atoms with E-state index < -0.39 is 6.10 Å². The molecule has 0 saturated carbocycles. The summed E-state index contributed by atoms with van der Waals surface area (Å²) in [4.78, 5) is 38.1. The lowest BCUT2D eigenvalue weighted by Crippen LogP contribution is -2.30. The van der Waals surface area contributed by atoms with Gasteiger partial charge in [-0.1, -0.05) is 298 Å². The maximum atomic E-state index is 12.9. The second-order valence-corrected chi connectivity index (χ2v) is 21.4. The van der Waals surface area contributed by atoms with Gasteiger partial charge in [-0.25, -0.2) is 0 Å². The molecule has 0 spiro atoms. The first-order valence-electron chi connectivity index (χ1n) is 29.8. The highest BCUT2D eigenvalue weighted by Crippen LogP contribution is 2.19. The smallest absolute Gasteiger partial charge is 0.306 e. The van der Waals surface area contributed by atoms with E-state index in [0.29, 0.717) is 19.3 Å². The van der Waals surface area contributed by atoms with Gasteiger partial charge in [-0.2, -0.15) is 0 Å². The highest BCUT2D eigenvalue weighted by molar-refractivity contribution is 5.71. The standard InChI is InChI=1S/C60H116O6/c1-6-8-9-10-11-12-13-14-15-18-22-25-28-31-34-40-45-50-58(61)64-53-57(54-65-59(62)51-46-41-37-36-38-43-48-55(3)4)66-60(63)52-47-42-35-32-29-26-23-20-17-16-19-21-24-27-30-33-39-44-49-56(5)7-2/h55-57H,6-54H2,1-5H3/t56?,57-/m0/s1. The quantitative estimate of drug-likeness (QED) is 0.0343. The van der Waals surface area contributed by atoms with Crippen LogP contribution >= 0.6 is 0 Å². The third-order valence-electron chi connectivity index (χ3n) is 14.1. The van der Waals surface area contributed by atoms with Crippen LogP contribution in [-0.4, -0.2) is 37.2 Å². The molecule has 0 aromatic carbocycles. The highest BCUT2D eigenvalue weighted by atomic mass is 16.6. The van der Waals surface area contributed by atoms with Crippen molar-refractivity contribution in [1.29, 1.82) is 0 Å². The summed E-state index contributed by atoms with van der Waals surface area (Å²) in [5, 5.41) is 0. The van der Waals surface area contributed by atoms with E-state index in [-0.39, 0.29) is 31.1 Å². The summed E-state index contributed by atoms with van der Waals surface area (Å²) in [5.41, 5.74) is 0. The lowest BCUT2D eigenvalue weighted by atomic mass is 9.99. The van der Waals surface area contributed by atoms with Crippen molar-refractivity contribution in [3.05, 3.63) is 0 Å². The number of carbonyl (C=O) groups is 3. The Morgan fingerprint density at radius 1 is 0.318 bits per heavy atom. The molecule has 0 aliphatic heterocycles. The molecule has 0 saturated heterocycles. The van der Waals surface area contributed by atoms with E-state index in [1.165, 1.54) is 225 Å². The number of hydrogen-bond acceptors (Lipinski definition) is 6. The minimum absolute atomic E-state index is 0.0635. The van der Waals surface area contributed by atoms with Gasteiger partial charge in [0.1, 0.15) is 13.2 Å². The van der Waals surface area contributed by atoms with Crippen LogP contribution in [0.5, 0.6) is 0 Å². The molecule has 0 amide bonds. The van der Waals surface area contributed by atoms with E-state index in [9.17, 15) is 14.4 Å². The van der Waals surface area contributed by atoms with E-state index in [0.717, 1.165) is 69.6 Å². The zero-order valence-corrected chi connectivity index (χ0v) is 45.3. The van der Waals surface area contributed by atoms with Crippen LogP contribution in [0, 0.1) is 11.8 Å². The average Bonchev–Trinajstić information content (AvgIpc) is 3.30. The van der Waals surface area contributed by atoms with Crippen molar-refractivity contribution < 1.29 is 28.6 Å². The van der Waals surface area contributed by atoms with Crippen LogP contribution in [-0.2, 0) is 28.6 Å². The summed E-state index contributed by atoms with van der Waals surface area (Å²) < 4.78 is 16.9. The molecule has 0 aliphatic carbocycles. The monoisotopic (exact) mass is 933 g/mol. The van der Waals surface area contributed by atoms with Gasteiger partial charge in [-0.3, -0.25) is 14.4 Å². The van der Waals surface area contributed by atoms with Crippen LogP contribution in [0.2, 0.25) is 0 Å². The van der Waals surface area contributed by atoms with E-state index in [1.54, 1.807) is 0 Å². The Balaban J connectivity index is 4.18. The lowest BCUT2D eigenvalue weighted by Gasteiger charge is -2.18. The number of unbranched alkanes of at least 4 members (excludes halogenated alkanes) is 38. The van der Waals surface area contributed by atoms with E-state index in [1.807, 2.05) is 0 Å². The highest BCUT2D eigenvalue weighted by Gasteiger charge is 2.19. The Labute approximate surface area is 412 Å². The molecule has 6 nitrogen and oxygen atoms in total. The normalized spacial score (nSPS) is 12.5. The lowest BCUT2D eigenvalue weighted by molar-refractivity contribution is -0.167. The predicted octanol–water partition coefficient (Wildman–Crippen LogP) is 19.7. The molecule has 2 atom stereocenters. The molecule has 0 fully saturated rings. The Hall–Kier alpha value is -1.59. The van der Waals surface area contributed by atoms with Crippen LogP contribution in [0.15, 0.2) is 0 Å². The molecule has 392 valence electrons. The van der Waals surface area contributed by atoms with Gasteiger partial charge in [0.05, 0.1) is 0 Å². The van der Waals surface area contributed by atoms with E-state index >= 15 is 0 Å². The third-order valence-corrected chi connectivity index (χ3v) is 14.1. The molecule has 0 N–H and O–H groups in total. The number of hydrogen-bond donors (Lipinski definition) is 0. The van der Waals surface area contributed by atoms with Crippen LogP contribution < -0.4 is 0 Å². The molecule has 66 heavy (non-hydrogen) atoms. The summed E-state index contributed by atoms with van der Waals surface area (Å²) in [6.07, 6.45) is 56.8. The van der Waals surface area contributed by atoms with Crippen molar-refractivity contribution in [2.75, 3.05) is 13.2 Å². The second-order valence-electron chi connectivity index (χ2n) is 21.4. The first-order chi connectivity index (χ1) is 32.3. The zero-order valence-electron chi connectivity index (χ0n) is 45.3. The fraction of sp³-hybridized carbons (Fsp3) is 0.950. The van der Waals surface area contributed by atoms with Gasteiger partial charge in [0.25, 0.3) is 0 Å².